The van der Waals surface area contributed by atoms with Crippen molar-refractivity contribution in [1.82, 2.24) is 19.9 Å². The van der Waals surface area contributed by atoms with Crippen LogP contribution in [0.5, 0.6) is 0 Å². The molecule has 3 aromatic rings. The predicted molar refractivity (Wildman–Crippen MR) is 92.6 cm³/mol. The fourth-order valence-corrected chi connectivity index (χ4v) is 3.44. The van der Waals surface area contributed by atoms with E-state index in [9.17, 15) is 4.79 Å². The Labute approximate surface area is 143 Å². The van der Waals surface area contributed by atoms with Gasteiger partial charge in [-0.2, -0.15) is 0 Å². The normalized spacial score (nSPS) is 12.3. The first-order chi connectivity index (χ1) is 11.0. The summed E-state index contributed by atoms with van der Waals surface area (Å²) in [6.45, 7) is 0. The van der Waals surface area contributed by atoms with E-state index in [2.05, 4.69) is 15.0 Å². The van der Waals surface area contributed by atoms with E-state index in [1.54, 1.807) is 31.3 Å². The molecule has 1 amide bonds. The number of hydrogen-bond donors (Lipinski definition) is 1. The first kappa shape index (κ1) is 15.8. The summed E-state index contributed by atoms with van der Waals surface area (Å²) in [5, 5.41) is 0.808. The molecule has 3 rings (SSSR count). The molecule has 2 aromatic heterocycles. The molecule has 7 heteroatoms. The van der Waals surface area contributed by atoms with E-state index >= 15 is 0 Å². The molecule has 0 aliphatic heterocycles. The lowest BCUT2D eigenvalue weighted by Gasteiger charge is -2.19. The van der Waals surface area contributed by atoms with Crippen LogP contribution in [-0.4, -0.2) is 39.9 Å². The van der Waals surface area contributed by atoms with E-state index in [4.69, 9.17) is 11.6 Å². The van der Waals surface area contributed by atoms with Crippen LogP contribution in [0, 0.1) is 0 Å². The van der Waals surface area contributed by atoms with E-state index in [-0.39, 0.29) is 11.2 Å². The summed E-state index contributed by atoms with van der Waals surface area (Å²) in [6.07, 6.45) is 1.55. The quantitative estimate of drug-likeness (QED) is 0.734. The number of hydrogen-bond acceptors (Lipinski definition) is 4. The highest BCUT2D eigenvalue weighted by Crippen LogP contribution is 2.35. The van der Waals surface area contributed by atoms with Gasteiger partial charge in [-0.25, -0.2) is 9.97 Å². The molecule has 0 aliphatic rings. The highest BCUT2D eigenvalue weighted by molar-refractivity contribution is 8.00. The zero-order valence-corrected chi connectivity index (χ0v) is 14.2. The number of nitrogens with zero attached hydrogens (tertiary/aromatic N) is 3. The van der Waals surface area contributed by atoms with Gasteiger partial charge in [-0.15, -0.1) is 0 Å². The summed E-state index contributed by atoms with van der Waals surface area (Å²) < 4.78 is 0. The van der Waals surface area contributed by atoms with Gasteiger partial charge in [0.05, 0.1) is 10.5 Å². The van der Waals surface area contributed by atoms with Crippen LogP contribution in [0.4, 0.5) is 0 Å². The van der Waals surface area contributed by atoms with Gasteiger partial charge in [-0.05, 0) is 11.6 Å². The molecular weight excluding hydrogens is 332 g/mol. The summed E-state index contributed by atoms with van der Waals surface area (Å²) in [5.74, 6) is 0.00708. The maximum Gasteiger partial charge on any atom is 0.240 e. The maximum absolute atomic E-state index is 12.5. The Bertz CT molecular complexity index is 834. The molecule has 1 aromatic carbocycles. The summed E-state index contributed by atoms with van der Waals surface area (Å²) >= 11 is 7.31. The number of benzene rings is 1. The maximum atomic E-state index is 12.5. The number of halogens is 1. The van der Waals surface area contributed by atoms with Gasteiger partial charge in [0.25, 0.3) is 0 Å². The van der Waals surface area contributed by atoms with E-state index < -0.39 is 0 Å². The Morgan fingerprint density at radius 1 is 1.30 bits per heavy atom. The Kier molecular flexibility index (Phi) is 4.54. The van der Waals surface area contributed by atoms with Gasteiger partial charge in [0.1, 0.15) is 5.25 Å². The van der Waals surface area contributed by atoms with Crippen molar-refractivity contribution >= 4 is 40.4 Å². The zero-order chi connectivity index (χ0) is 16.4. The van der Waals surface area contributed by atoms with Crippen molar-refractivity contribution in [3.05, 3.63) is 53.2 Å². The fourth-order valence-electron chi connectivity index (χ4n) is 2.14. The van der Waals surface area contributed by atoms with Crippen LogP contribution >= 0.6 is 23.4 Å². The molecule has 0 saturated heterocycles. The van der Waals surface area contributed by atoms with Gasteiger partial charge in [-0.3, -0.25) is 4.79 Å². The van der Waals surface area contributed by atoms with Gasteiger partial charge >= 0.3 is 0 Å². The van der Waals surface area contributed by atoms with Crippen molar-refractivity contribution in [1.29, 1.82) is 0 Å². The van der Waals surface area contributed by atoms with E-state index in [0.717, 1.165) is 11.1 Å². The van der Waals surface area contributed by atoms with Crippen LogP contribution in [0.15, 0.2) is 47.8 Å². The van der Waals surface area contributed by atoms with Crippen molar-refractivity contribution in [3.63, 3.8) is 0 Å². The molecule has 0 aliphatic carbocycles. The Morgan fingerprint density at radius 2 is 2.04 bits per heavy atom. The highest BCUT2D eigenvalue weighted by atomic mass is 35.5. The van der Waals surface area contributed by atoms with Crippen LogP contribution < -0.4 is 0 Å². The Hall–Kier alpha value is -2.05. The predicted octanol–water partition coefficient (Wildman–Crippen LogP) is 3.53. The number of aromatic amines is 1. The van der Waals surface area contributed by atoms with Crippen molar-refractivity contribution < 1.29 is 4.79 Å². The number of pyridine rings is 1. The molecule has 0 radical (unpaired) electrons. The second-order valence-electron chi connectivity index (χ2n) is 5.21. The van der Waals surface area contributed by atoms with Gasteiger partial charge in [-0.1, -0.05) is 53.7 Å². The lowest BCUT2D eigenvalue weighted by molar-refractivity contribution is -0.128. The molecule has 0 fully saturated rings. The second-order valence-corrected chi connectivity index (χ2v) is 6.74. The fraction of sp³-hybridized carbons (Fsp3) is 0.188. The summed E-state index contributed by atoms with van der Waals surface area (Å²) in [5.41, 5.74) is 2.27. The van der Waals surface area contributed by atoms with Gasteiger partial charge < -0.3 is 9.88 Å². The van der Waals surface area contributed by atoms with Crippen LogP contribution in [-0.2, 0) is 4.79 Å². The number of likely N-dealkylation sites (N-methyl/N-ethyl adjacent to an activating group) is 1. The molecule has 1 atom stereocenters. The Morgan fingerprint density at radius 3 is 2.74 bits per heavy atom. The van der Waals surface area contributed by atoms with Crippen molar-refractivity contribution in [3.8, 4) is 0 Å². The molecule has 0 saturated carbocycles. The number of carbonyl (C=O) groups excluding carboxylic acids is 1. The van der Waals surface area contributed by atoms with E-state index in [0.29, 0.717) is 15.8 Å². The summed E-state index contributed by atoms with van der Waals surface area (Å²) in [4.78, 5) is 25.9. The minimum Gasteiger partial charge on any atom is -0.348 e. The minimum atomic E-state index is -0.373. The summed E-state index contributed by atoms with van der Waals surface area (Å²) in [7, 11) is 3.50. The summed E-state index contributed by atoms with van der Waals surface area (Å²) in [6, 6.07) is 11.4. The van der Waals surface area contributed by atoms with Crippen LogP contribution in [0.3, 0.4) is 0 Å². The van der Waals surface area contributed by atoms with Gasteiger partial charge in [0, 0.05) is 20.3 Å². The number of carbonyl (C=O) groups is 1. The Balaban J connectivity index is 1.95. The lowest BCUT2D eigenvalue weighted by Crippen LogP contribution is -2.26. The molecular formula is C16H15ClN4OS. The number of imidazole rings is 1. The molecule has 0 spiro atoms. The number of thioether (sulfide) groups is 1. The zero-order valence-electron chi connectivity index (χ0n) is 12.7. The minimum absolute atomic E-state index is 0.00708. The van der Waals surface area contributed by atoms with Crippen LogP contribution in [0.1, 0.15) is 10.8 Å². The molecule has 2 heterocycles. The second kappa shape index (κ2) is 6.60. The first-order valence-electron chi connectivity index (χ1n) is 6.98. The molecule has 0 bridgehead atoms. The topological polar surface area (TPSA) is 61.9 Å². The number of nitrogens with one attached hydrogen (secondary N) is 1. The number of aromatic nitrogens is 3. The average molecular weight is 347 g/mol. The molecule has 118 valence electrons. The number of fused-ring (bicyclic) bond motifs is 1. The molecule has 1 N–H and O–H groups in total. The molecule has 5 nitrogen and oxygen atoms in total. The number of amides is 1. The standard InChI is InChI=1S/C16H15ClN4OS/c1-21(2)15(22)13(10-6-4-3-5-7-10)23-16-19-12-8-11(17)9-18-14(12)20-16/h3-9,13H,1-2H3,(H,18,19,20)/t13-/m0/s1. The molecule has 23 heavy (non-hydrogen) atoms. The first-order valence-corrected chi connectivity index (χ1v) is 8.24. The molecule has 0 unspecified atom stereocenters. The average Bonchev–Trinajstić information content (AvgIpc) is 2.94. The van der Waals surface area contributed by atoms with Gasteiger partial charge in [0.15, 0.2) is 10.8 Å². The largest absolute Gasteiger partial charge is 0.348 e. The van der Waals surface area contributed by atoms with Crippen molar-refractivity contribution in [2.24, 2.45) is 0 Å². The smallest absolute Gasteiger partial charge is 0.240 e. The third kappa shape index (κ3) is 3.48. The van der Waals surface area contributed by atoms with Crippen molar-refractivity contribution in [2.75, 3.05) is 14.1 Å². The lowest BCUT2D eigenvalue weighted by atomic mass is 10.1. The highest BCUT2D eigenvalue weighted by Gasteiger charge is 2.25. The number of H-pyrrole nitrogens is 1. The third-order valence-electron chi connectivity index (χ3n) is 3.28. The number of rotatable bonds is 4. The third-order valence-corrected chi connectivity index (χ3v) is 4.61. The SMILES string of the molecule is CN(C)C(=O)[C@@H](Sc1nc2ncc(Cl)cc2[nH]1)c1ccccc1. The van der Waals surface area contributed by atoms with E-state index in [1.165, 1.54) is 11.8 Å². The van der Waals surface area contributed by atoms with Crippen molar-refractivity contribution in [2.45, 2.75) is 10.4 Å². The van der Waals surface area contributed by atoms with E-state index in [1.807, 2.05) is 30.3 Å². The monoisotopic (exact) mass is 346 g/mol. The van der Waals surface area contributed by atoms with Gasteiger partial charge in [0.2, 0.25) is 5.91 Å². The van der Waals surface area contributed by atoms with Crippen LogP contribution in [0.25, 0.3) is 11.2 Å². The van der Waals surface area contributed by atoms with Crippen LogP contribution in [0.2, 0.25) is 5.02 Å².